The molecule has 0 aromatic heterocycles. The molecule has 1 amide bonds. The molecular formula is C18H35IN4O2. The lowest BCUT2D eigenvalue weighted by Crippen LogP contribution is -2.46. The summed E-state index contributed by atoms with van der Waals surface area (Å²) in [5.41, 5.74) is 0. The fourth-order valence-electron chi connectivity index (χ4n) is 3.72. The van der Waals surface area contributed by atoms with Crippen LogP contribution in [-0.4, -0.2) is 63.2 Å². The summed E-state index contributed by atoms with van der Waals surface area (Å²) in [5, 5.41) is 6.97. The normalized spacial score (nSPS) is 24.8. The van der Waals surface area contributed by atoms with E-state index in [9.17, 15) is 4.79 Å². The number of nitrogens with one attached hydrogen (secondary N) is 2. The number of likely N-dealkylation sites (N-methyl/N-ethyl adjacent to an activating group) is 1. The molecule has 2 bridgehead atoms. The fourth-order valence-corrected chi connectivity index (χ4v) is 3.72. The van der Waals surface area contributed by atoms with E-state index in [0.717, 1.165) is 50.4 Å². The highest BCUT2D eigenvalue weighted by Gasteiger charge is 2.39. The topological polar surface area (TPSA) is 66.0 Å². The van der Waals surface area contributed by atoms with Crippen LogP contribution in [0.25, 0.3) is 0 Å². The maximum Gasteiger partial charge on any atom is 0.243 e. The third kappa shape index (κ3) is 7.68. The first-order valence-electron chi connectivity index (χ1n) is 9.43. The molecule has 0 aliphatic heterocycles. The Morgan fingerprint density at radius 1 is 1.24 bits per heavy atom. The molecule has 3 unspecified atom stereocenters. The smallest absolute Gasteiger partial charge is 0.243 e. The highest BCUT2D eigenvalue weighted by Crippen LogP contribution is 2.44. The molecule has 0 aromatic rings. The molecule has 2 saturated carbocycles. The van der Waals surface area contributed by atoms with E-state index in [2.05, 4.69) is 15.6 Å². The van der Waals surface area contributed by atoms with Crippen LogP contribution < -0.4 is 10.6 Å². The highest BCUT2D eigenvalue weighted by molar-refractivity contribution is 14.0. The average molecular weight is 466 g/mol. The summed E-state index contributed by atoms with van der Waals surface area (Å²) in [6, 6.07) is 0.521. The number of carbonyl (C=O) groups excluding carboxylic acids is 1. The van der Waals surface area contributed by atoms with Gasteiger partial charge in [-0.05, 0) is 50.9 Å². The summed E-state index contributed by atoms with van der Waals surface area (Å²) in [7, 11) is 3.53. The summed E-state index contributed by atoms with van der Waals surface area (Å²) in [6.07, 6.45) is 7.41. The summed E-state index contributed by atoms with van der Waals surface area (Å²) in [5.74, 6) is 2.49. The third-order valence-corrected chi connectivity index (χ3v) is 5.14. The van der Waals surface area contributed by atoms with Crippen LogP contribution in [-0.2, 0) is 9.53 Å². The molecule has 0 heterocycles. The summed E-state index contributed by atoms with van der Waals surface area (Å²) in [6.45, 7) is 4.66. The van der Waals surface area contributed by atoms with Gasteiger partial charge in [0, 0.05) is 39.9 Å². The van der Waals surface area contributed by atoms with Crippen LogP contribution in [0, 0.1) is 11.8 Å². The van der Waals surface area contributed by atoms with Crippen LogP contribution >= 0.6 is 24.0 Å². The van der Waals surface area contributed by atoms with Crippen LogP contribution in [0.2, 0.25) is 0 Å². The molecule has 2 fully saturated rings. The number of nitrogens with zero attached hydrogens (tertiary/aromatic N) is 2. The van der Waals surface area contributed by atoms with Gasteiger partial charge in [-0.1, -0.05) is 6.42 Å². The first-order chi connectivity index (χ1) is 11.6. The van der Waals surface area contributed by atoms with E-state index in [1.54, 1.807) is 19.0 Å². The predicted octanol–water partition coefficient (Wildman–Crippen LogP) is 2.23. The Morgan fingerprint density at radius 2 is 2.04 bits per heavy atom. The zero-order valence-corrected chi connectivity index (χ0v) is 18.3. The number of unbranched alkanes of at least 4 members (excludes halogenated alkanes) is 1. The quantitative estimate of drug-likeness (QED) is 0.237. The Balaban J connectivity index is 0.00000312. The van der Waals surface area contributed by atoms with Crippen molar-refractivity contribution in [2.75, 3.05) is 40.4 Å². The molecule has 25 heavy (non-hydrogen) atoms. The van der Waals surface area contributed by atoms with Crippen LogP contribution in [0.15, 0.2) is 4.99 Å². The molecule has 6 nitrogen and oxygen atoms in total. The van der Waals surface area contributed by atoms with Gasteiger partial charge >= 0.3 is 0 Å². The van der Waals surface area contributed by atoms with Crippen molar-refractivity contribution in [1.82, 2.24) is 15.5 Å². The van der Waals surface area contributed by atoms with Gasteiger partial charge in [-0.3, -0.25) is 4.79 Å². The van der Waals surface area contributed by atoms with Gasteiger partial charge in [0.25, 0.3) is 0 Å². The number of hydrogen-bond acceptors (Lipinski definition) is 3. The molecule has 2 rings (SSSR count). The second-order valence-corrected chi connectivity index (χ2v) is 7.21. The van der Waals surface area contributed by atoms with E-state index in [0.29, 0.717) is 6.04 Å². The molecule has 2 aliphatic carbocycles. The van der Waals surface area contributed by atoms with Gasteiger partial charge in [-0.15, -0.1) is 24.0 Å². The molecule has 0 radical (unpaired) electrons. The lowest BCUT2D eigenvalue weighted by atomic mass is 9.95. The van der Waals surface area contributed by atoms with Gasteiger partial charge in [0.1, 0.15) is 6.54 Å². The molecule has 7 heteroatoms. The van der Waals surface area contributed by atoms with E-state index >= 15 is 0 Å². The minimum atomic E-state index is 0. The monoisotopic (exact) mass is 466 g/mol. The van der Waals surface area contributed by atoms with Gasteiger partial charge in [0.15, 0.2) is 5.96 Å². The number of ether oxygens (including phenoxy) is 1. The van der Waals surface area contributed by atoms with E-state index < -0.39 is 0 Å². The third-order valence-electron chi connectivity index (χ3n) is 5.14. The van der Waals surface area contributed by atoms with E-state index in [1.807, 2.05) is 6.92 Å². The highest BCUT2D eigenvalue weighted by atomic mass is 127. The van der Waals surface area contributed by atoms with Crippen LogP contribution in [0.5, 0.6) is 0 Å². The largest absolute Gasteiger partial charge is 0.382 e. The minimum absolute atomic E-state index is 0. The van der Waals surface area contributed by atoms with Crippen molar-refractivity contribution in [1.29, 1.82) is 0 Å². The van der Waals surface area contributed by atoms with Crippen molar-refractivity contribution < 1.29 is 9.53 Å². The molecule has 3 atom stereocenters. The van der Waals surface area contributed by atoms with Crippen LogP contribution in [0.1, 0.15) is 45.4 Å². The predicted molar refractivity (Wildman–Crippen MR) is 113 cm³/mol. The maximum absolute atomic E-state index is 11.8. The zero-order chi connectivity index (χ0) is 17.4. The van der Waals surface area contributed by atoms with Crippen molar-refractivity contribution in [2.45, 2.75) is 51.5 Å². The number of fused-ring (bicyclic) bond motifs is 2. The Morgan fingerprint density at radius 3 is 2.64 bits per heavy atom. The first kappa shape index (κ1) is 22.5. The first-order valence-corrected chi connectivity index (χ1v) is 9.43. The van der Waals surface area contributed by atoms with Crippen molar-refractivity contribution in [3.05, 3.63) is 0 Å². The number of carbonyl (C=O) groups is 1. The molecule has 0 aromatic carbocycles. The van der Waals surface area contributed by atoms with Crippen molar-refractivity contribution in [3.63, 3.8) is 0 Å². The molecule has 0 spiro atoms. The summed E-state index contributed by atoms with van der Waals surface area (Å²) in [4.78, 5) is 17.9. The maximum atomic E-state index is 11.8. The Hall–Kier alpha value is -0.570. The number of amides is 1. The second-order valence-electron chi connectivity index (χ2n) is 7.21. The minimum Gasteiger partial charge on any atom is -0.382 e. The number of rotatable bonds is 9. The van der Waals surface area contributed by atoms with Gasteiger partial charge in [-0.25, -0.2) is 4.99 Å². The lowest BCUT2D eigenvalue weighted by Gasteiger charge is -2.25. The van der Waals surface area contributed by atoms with Gasteiger partial charge < -0.3 is 20.3 Å². The van der Waals surface area contributed by atoms with Gasteiger partial charge in [-0.2, -0.15) is 0 Å². The zero-order valence-electron chi connectivity index (χ0n) is 15.9. The van der Waals surface area contributed by atoms with E-state index in [-0.39, 0.29) is 36.4 Å². The Labute approximate surface area is 169 Å². The number of hydrogen-bond donors (Lipinski definition) is 2. The number of guanidine groups is 1. The van der Waals surface area contributed by atoms with E-state index in [4.69, 9.17) is 4.74 Å². The lowest BCUT2D eigenvalue weighted by molar-refractivity contribution is -0.127. The SMILES string of the molecule is CCOCCCCNC(=NCC(=O)N(C)C)NC1CC2CCC1C2.I. The van der Waals surface area contributed by atoms with Gasteiger partial charge in [0.2, 0.25) is 5.91 Å². The van der Waals surface area contributed by atoms with Crippen LogP contribution in [0.3, 0.4) is 0 Å². The second kappa shape index (κ2) is 11.9. The van der Waals surface area contributed by atoms with Crippen molar-refractivity contribution in [2.24, 2.45) is 16.8 Å². The molecule has 2 N–H and O–H groups in total. The summed E-state index contributed by atoms with van der Waals surface area (Å²) >= 11 is 0. The molecule has 146 valence electrons. The van der Waals surface area contributed by atoms with Crippen molar-refractivity contribution >= 4 is 35.8 Å². The standard InChI is InChI=1S/C18H34N4O2.HI/c1-4-24-10-6-5-9-19-18(20-13-17(23)22(2)3)21-16-12-14-7-8-15(16)11-14;/h14-16H,4-13H2,1-3H3,(H2,19,20,21);1H. The Bertz CT molecular complexity index is 431. The molecular weight excluding hydrogens is 431 g/mol. The fraction of sp³-hybridized carbons (Fsp3) is 0.889. The van der Waals surface area contributed by atoms with Gasteiger partial charge in [0.05, 0.1) is 0 Å². The number of aliphatic imine (C=N–C) groups is 1. The average Bonchev–Trinajstić information content (AvgIpc) is 3.17. The van der Waals surface area contributed by atoms with E-state index in [1.165, 1.54) is 25.7 Å². The van der Waals surface area contributed by atoms with Crippen molar-refractivity contribution in [3.8, 4) is 0 Å². The summed E-state index contributed by atoms with van der Waals surface area (Å²) < 4.78 is 5.36. The van der Waals surface area contributed by atoms with Crippen LogP contribution in [0.4, 0.5) is 0 Å². The number of halogens is 1. The molecule has 0 saturated heterocycles. The Kier molecular flexibility index (Phi) is 10.7. The molecule has 2 aliphatic rings.